The number of carbonyl (C=O) groups excluding carboxylic acids is 3. The van der Waals surface area contributed by atoms with Crippen molar-refractivity contribution in [1.29, 1.82) is 0 Å². The number of carbonyl (C=O) groups is 3. The minimum Gasteiger partial charge on any atom is -0.294 e. The molecule has 1 aliphatic carbocycles. The monoisotopic (exact) mass is 404 g/mol. The Morgan fingerprint density at radius 1 is 1.00 bits per heavy atom. The van der Waals surface area contributed by atoms with E-state index in [0.717, 1.165) is 30.6 Å². The van der Waals surface area contributed by atoms with E-state index < -0.39 is 5.91 Å². The number of aryl methyl sites for hydroxylation is 1. The molecule has 7 heteroatoms. The van der Waals surface area contributed by atoms with Crippen molar-refractivity contribution in [2.24, 2.45) is 11.3 Å². The molecule has 5 nitrogen and oxygen atoms in total. The first-order valence-corrected chi connectivity index (χ1v) is 10.6. The predicted molar refractivity (Wildman–Crippen MR) is 109 cm³/mol. The highest BCUT2D eigenvalue weighted by Gasteiger charge is 2.30. The third-order valence-electron chi connectivity index (χ3n) is 5.00. The van der Waals surface area contributed by atoms with Gasteiger partial charge < -0.3 is 0 Å². The molecule has 0 unspecified atom stereocenters. The molecular weight excluding hydrogens is 380 g/mol. The highest BCUT2D eigenvalue weighted by Crippen LogP contribution is 2.40. The van der Waals surface area contributed by atoms with Crippen LogP contribution in [0.15, 0.2) is 18.2 Å². The number of rotatable bonds is 3. The third-order valence-corrected chi connectivity index (χ3v) is 7.42. The van der Waals surface area contributed by atoms with E-state index >= 15 is 0 Å². The van der Waals surface area contributed by atoms with E-state index in [4.69, 9.17) is 0 Å². The SMILES string of the molecule is CC(=O)c1ccc(C(=O)NNC(=O)c2cc3c(s2)CC[C@@H](C(C)(C)C)C3)s1. The topological polar surface area (TPSA) is 75.3 Å². The molecule has 1 atom stereocenters. The van der Waals surface area contributed by atoms with Crippen molar-refractivity contribution in [3.8, 4) is 0 Å². The van der Waals surface area contributed by atoms with Crippen molar-refractivity contribution >= 4 is 40.3 Å². The molecule has 1 aliphatic rings. The van der Waals surface area contributed by atoms with Gasteiger partial charge in [0, 0.05) is 4.88 Å². The molecule has 2 aromatic heterocycles. The van der Waals surface area contributed by atoms with Crippen LogP contribution in [0, 0.1) is 11.3 Å². The molecule has 0 saturated heterocycles. The fourth-order valence-electron chi connectivity index (χ4n) is 3.26. The Bertz CT molecular complexity index is 889. The van der Waals surface area contributed by atoms with Gasteiger partial charge >= 0.3 is 0 Å². The average Bonchev–Trinajstić information content (AvgIpc) is 3.24. The maximum Gasteiger partial charge on any atom is 0.279 e. The molecule has 0 saturated carbocycles. The van der Waals surface area contributed by atoms with E-state index in [9.17, 15) is 14.4 Å². The van der Waals surface area contributed by atoms with Gasteiger partial charge in [-0.15, -0.1) is 22.7 Å². The van der Waals surface area contributed by atoms with Crippen molar-refractivity contribution in [3.05, 3.63) is 43.3 Å². The van der Waals surface area contributed by atoms with E-state index in [2.05, 4.69) is 31.6 Å². The minimum absolute atomic E-state index is 0.0826. The van der Waals surface area contributed by atoms with Crippen LogP contribution in [0.3, 0.4) is 0 Å². The van der Waals surface area contributed by atoms with Crippen molar-refractivity contribution < 1.29 is 14.4 Å². The van der Waals surface area contributed by atoms with Crippen LogP contribution in [-0.2, 0) is 12.8 Å². The molecule has 2 aromatic rings. The highest BCUT2D eigenvalue weighted by atomic mass is 32.1. The van der Waals surface area contributed by atoms with Crippen LogP contribution >= 0.6 is 22.7 Å². The van der Waals surface area contributed by atoms with Crippen LogP contribution < -0.4 is 10.9 Å². The van der Waals surface area contributed by atoms with Crippen molar-refractivity contribution in [2.75, 3.05) is 0 Å². The molecule has 144 valence electrons. The second-order valence-electron chi connectivity index (χ2n) is 7.99. The molecule has 27 heavy (non-hydrogen) atoms. The number of thiophene rings is 2. The summed E-state index contributed by atoms with van der Waals surface area (Å²) in [5.74, 6) is -0.196. The van der Waals surface area contributed by atoms with Gasteiger partial charge in [-0.2, -0.15) is 0 Å². The van der Waals surface area contributed by atoms with Crippen LogP contribution in [0.2, 0.25) is 0 Å². The molecular formula is C20H24N2O3S2. The molecule has 2 N–H and O–H groups in total. The molecule has 2 amide bonds. The summed E-state index contributed by atoms with van der Waals surface area (Å²) in [6, 6.07) is 5.15. The van der Waals surface area contributed by atoms with Gasteiger partial charge in [0.2, 0.25) is 0 Å². The average molecular weight is 405 g/mol. The van der Waals surface area contributed by atoms with Gasteiger partial charge in [-0.1, -0.05) is 20.8 Å². The van der Waals surface area contributed by atoms with Gasteiger partial charge in [0.05, 0.1) is 14.6 Å². The van der Waals surface area contributed by atoms with Gasteiger partial charge in [0.1, 0.15) is 0 Å². The van der Waals surface area contributed by atoms with Gasteiger partial charge in [-0.05, 0) is 61.3 Å². The van der Waals surface area contributed by atoms with Gasteiger partial charge in [0.15, 0.2) is 5.78 Å². The Hall–Kier alpha value is -1.99. The molecule has 0 radical (unpaired) electrons. The number of nitrogens with one attached hydrogen (secondary N) is 2. The lowest BCUT2D eigenvalue weighted by molar-refractivity contribution is 0.0851. The maximum atomic E-state index is 12.4. The summed E-state index contributed by atoms with van der Waals surface area (Å²) in [5.41, 5.74) is 6.43. The summed E-state index contributed by atoms with van der Waals surface area (Å²) < 4.78 is 0. The molecule has 0 aliphatic heterocycles. The minimum atomic E-state index is -0.421. The molecule has 0 fully saturated rings. The van der Waals surface area contributed by atoms with Gasteiger partial charge in [-0.3, -0.25) is 25.2 Å². The number of ketones is 1. The van der Waals surface area contributed by atoms with Crippen LogP contribution in [0.25, 0.3) is 0 Å². The number of amides is 2. The normalized spacial score (nSPS) is 16.5. The molecule has 0 aromatic carbocycles. The van der Waals surface area contributed by atoms with Crippen molar-refractivity contribution in [1.82, 2.24) is 10.9 Å². The largest absolute Gasteiger partial charge is 0.294 e. The Morgan fingerprint density at radius 2 is 1.63 bits per heavy atom. The fourth-order valence-corrected chi connectivity index (χ4v) is 5.16. The molecule has 0 bridgehead atoms. The zero-order valence-corrected chi connectivity index (χ0v) is 17.6. The van der Waals surface area contributed by atoms with Crippen LogP contribution in [0.5, 0.6) is 0 Å². The quantitative estimate of drug-likeness (QED) is 0.593. The summed E-state index contributed by atoms with van der Waals surface area (Å²) in [4.78, 5) is 38.7. The Labute approximate surface area is 167 Å². The fraction of sp³-hybridized carbons (Fsp3) is 0.450. The van der Waals surface area contributed by atoms with Crippen LogP contribution in [-0.4, -0.2) is 17.6 Å². The van der Waals surface area contributed by atoms with E-state index in [1.54, 1.807) is 12.1 Å². The second-order valence-corrected chi connectivity index (χ2v) is 10.2. The molecule has 2 heterocycles. The zero-order chi connectivity index (χ0) is 19.8. The Morgan fingerprint density at radius 3 is 2.22 bits per heavy atom. The maximum absolute atomic E-state index is 12.4. The number of hydrogen-bond acceptors (Lipinski definition) is 5. The summed E-state index contributed by atoms with van der Waals surface area (Å²) in [5, 5.41) is 0. The van der Waals surface area contributed by atoms with E-state index in [-0.39, 0.29) is 17.1 Å². The lowest BCUT2D eigenvalue weighted by Gasteiger charge is -2.33. The number of fused-ring (bicyclic) bond motifs is 1. The third kappa shape index (κ3) is 4.47. The van der Waals surface area contributed by atoms with Crippen LogP contribution in [0.1, 0.15) is 73.6 Å². The zero-order valence-electron chi connectivity index (χ0n) is 16.0. The van der Waals surface area contributed by atoms with Gasteiger partial charge in [0.25, 0.3) is 11.8 Å². The summed E-state index contributed by atoms with van der Waals surface area (Å²) >= 11 is 2.62. The number of hydrazine groups is 1. The highest BCUT2D eigenvalue weighted by molar-refractivity contribution is 7.16. The van der Waals surface area contributed by atoms with E-state index in [1.807, 2.05) is 6.07 Å². The van der Waals surface area contributed by atoms with Gasteiger partial charge in [-0.25, -0.2) is 0 Å². The summed E-state index contributed by atoms with van der Waals surface area (Å²) in [6.07, 6.45) is 3.15. The molecule has 0 spiro atoms. The van der Waals surface area contributed by atoms with E-state index in [1.165, 1.54) is 28.7 Å². The number of hydrogen-bond donors (Lipinski definition) is 2. The first-order chi connectivity index (χ1) is 12.6. The standard InChI is InChI=1S/C20H24N2O3S2/c1-11(23)14-7-8-16(26-14)18(24)21-22-19(25)17-10-12-9-13(20(2,3)4)5-6-15(12)27-17/h7-8,10,13H,5-6,9H2,1-4H3,(H,21,24)(H,22,25)/t13-/m1/s1. The smallest absolute Gasteiger partial charge is 0.279 e. The predicted octanol–water partition coefficient (Wildman–Crippen LogP) is 4.24. The Balaban J connectivity index is 1.61. The summed E-state index contributed by atoms with van der Waals surface area (Å²) in [7, 11) is 0. The van der Waals surface area contributed by atoms with E-state index in [0.29, 0.717) is 20.5 Å². The summed E-state index contributed by atoms with van der Waals surface area (Å²) in [6.45, 7) is 8.25. The second kappa shape index (κ2) is 7.56. The lowest BCUT2D eigenvalue weighted by atomic mass is 9.72. The Kier molecular flexibility index (Phi) is 5.53. The lowest BCUT2D eigenvalue weighted by Crippen LogP contribution is -2.41. The van der Waals surface area contributed by atoms with Crippen molar-refractivity contribution in [3.63, 3.8) is 0 Å². The number of Topliss-reactive ketones (excluding diaryl/α,β-unsaturated/α-hetero) is 1. The first-order valence-electron chi connectivity index (χ1n) is 8.98. The first kappa shape index (κ1) is 19.8. The van der Waals surface area contributed by atoms with Crippen molar-refractivity contribution in [2.45, 2.75) is 47.0 Å². The van der Waals surface area contributed by atoms with Crippen LogP contribution in [0.4, 0.5) is 0 Å². The molecule has 3 rings (SSSR count).